The topological polar surface area (TPSA) is 104 Å². The van der Waals surface area contributed by atoms with Crippen molar-refractivity contribution in [2.75, 3.05) is 0 Å². The van der Waals surface area contributed by atoms with Gasteiger partial charge in [0.15, 0.2) is 11.6 Å². The molecule has 2 aromatic heterocycles. The minimum Gasteiger partial charge on any atom is -0.444 e. The van der Waals surface area contributed by atoms with E-state index in [4.69, 9.17) is 4.74 Å². The van der Waals surface area contributed by atoms with Crippen molar-refractivity contribution in [3.05, 3.63) is 34.6 Å². The van der Waals surface area contributed by atoms with Crippen LogP contribution in [-0.2, 0) is 11.8 Å². The van der Waals surface area contributed by atoms with E-state index in [0.29, 0.717) is 11.6 Å². The molecule has 0 spiro atoms. The van der Waals surface area contributed by atoms with Crippen molar-refractivity contribution in [2.45, 2.75) is 39.3 Å². The number of aromatic nitrogens is 5. The number of hydrogen-bond donors (Lipinski definition) is 1. The summed E-state index contributed by atoms with van der Waals surface area (Å²) in [5, 5.41) is 10.9. The fraction of sp³-hybridized carbons (Fsp3) is 0.500. The maximum Gasteiger partial charge on any atom is 0.408 e. The lowest BCUT2D eigenvalue weighted by molar-refractivity contribution is 0.0505. The fourth-order valence-corrected chi connectivity index (χ4v) is 1.87. The van der Waals surface area contributed by atoms with Crippen LogP contribution < -0.4 is 10.9 Å². The number of aryl methyl sites for hydroxylation is 1. The summed E-state index contributed by atoms with van der Waals surface area (Å²) in [6.07, 6.45) is 0.808. The van der Waals surface area contributed by atoms with Gasteiger partial charge in [0.05, 0.1) is 6.04 Å². The molecule has 0 unspecified atom stereocenters. The van der Waals surface area contributed by atoms with Gasteiger partial charge in [-0.25, -0.2) is 14.5 Å². The van der Waals surface area contributed by atoms with E-state index in [2.05, 4.69) is 20.5 Å². The predicted octanol–water partition coefficient (Wildman–Crippen LogP) is 0.947. The molecule has 0 saturated carbocycles. The zero-order valence-corrected chi connectivity index (χ0v) is 13.8. The molecule has 23 heavy (non-hydrogen) atoms. The first kappa shape index (κ1) is 16.7. The molecule has 1 amide bonds. The van der Waals surface area contributed by atoms with E-state index in [9.17, 15) is 9.59 Å². The lowest BCUT2D eigenvalue weighted by Crippen LogP contribution is -2.35. The van der Waals surface area contributed by atoms with Gasteiger partial charge in [-0.3, -0.25) is 4.79 Å². The van der Waals surface area contributed by atoms with E-state index < -0.39 is 17.7 Å². The lowest BCUT2D eigenvalue weighted by Gasteiger charge is -2.21. The second-order valence-electron chi connectivity index (χ2n) is 6.05. The fourth-order valence-electron chi connectivity index (χ4n) is 1.87. The number of nitrogens with zero attached hydrogens (tertiary/aromatic N) is 5. The lowest BCUT2D eigenvalue weighted by atomic mass is 10.2. The summed E-state index contributed by atoms with van der Waals surface area (Å²) >= 11 is 0. The Labute approximate surface area is 133 Å². The van der Waals surface area contributed by atoms with Crippen LogP contribution in [0.1, 0.15) is 39.6 Å². The third kappa shape index (κ3) is 4.15. The molecule has 0 saturated heterocycles. The van der Waals surface area contributed by atoms with Gasteiger partial charge in [0.1, 0.15) is 11.9 Å². The highest BCUT2D eigenvalue weighted by Gasteiger charge is 2.21. The number of carbonyl (C=O) groups is 1. The van der Waals surface area contributed by atoms with E-state index in [1.54, 1.807) is 40.8 Å². The summed E-state index contributed by atoms with van der Waals surface area (Å²) in [4.78, 5) is 27.4. The van der Waals surface area contributed by atoms with Crippen LogP contribution in [0, 0.1) is 0 Å². The summed E-state index contributed by atoms with van der Waals surface area (Å²) in [7, 11) is 1.55. The van der Waals surface area contributed by atoms with Crippen LogP contribution >= 0.6 is 0 Å². The first-order chi connectivity index (χ1) is 10.7. The summed E-state index contributed by atoms with van der Waals surface area (Å²) in [5.74, 6) is 0.902. The third-order valence-corrected chi connectivity index (χ3v) is 2.86. The van der Waals surface area contributed by atoms with Gasteiger partial charge in [-0.05, 0) is 33.8 Å². The minimum absolute atomic E-state index is 0.227. The van der Waals surface area contributed by atoms with Crippen molar-refractivity contribution in [2.24, 2.45) is 7.05 Å². The maximum atomic E-state index is 11.9. The van der Waals surface area contributed by atoms with E-state index in [0.717, 1.165) is 0 Å². The predicted molar refractivity (Wildman–Crippen MR) is 82.2 cm³/mol. The molecule has 0 fully saturated rings. The van der Waals surface area contributed by atoms with Crippen LogP contribution in [0.15, 0.2) is 23.3 Å². The van der Waals surface area contributed by atoms with Crippen LogP contribution in [0.5, 0.6) is 0 Å². The first-order valence-electron chi connectivity index (χ1n) is 7.11. The highest BCUT2D eigenvalue weighted by Crippen LogP contribution is 2.14. The average Bonchev–Trinajstić information content (AvgIpc) is 2.89. The second kappa shape index (κ2) is 6.19. The summed E-state index contributed by atoms with van der Waals surface area (Å²) in [6.45, 7) is 7.11. The molecule has 2 aromatic rings. The number of carbonyl (C=O) groups excluding carboxylic acids is 1. The normalized spacial score (nSPS) is 12.7. The van der Waals surface area contributed by atoms with E-state index in [1.165, 1.54) is 21.8 Å². The van der Waals surface area contributed by atoms with Crippen molar-refractivity contribution in [3.8, 4) is 5.82 Å². The zero-order chi connectivity index (χ0) is 17.2. The molecule has 9 heteroatoms. The average molecular weight is 320 g/mol. The zero-order valence-electron chi connectivity index (χ0n) is 13.8. The van der Waals surface area contributed by atoms with Crippen molar-refractivity contribution in [1.82, 2.24) is 29.9 Å². The van der Waals surface area contributed by atoms with Gasteiger partial charge >= 0.3 is 6.09 Å². The Morgan fingerprint density at radius 3 is 2.65 bits per heavy atom. The molecule has 0 aliphatic rings. The largest absolute Gasteiger partial charge is 0.444 e. The Hall–Kier alpha value is -2.71. The minimum atomic E-state index is -0.587. The summed E-state index contributed by atoms with van der Waals surface area (Å²) in [5.41, 5.74) is -0.813. The monoisotopic (exact) mass is 320 g/mol. The van der Waals surface area contributed by atoms with Crippen LogP contribution in [0.3, 0.4) is 0 Å². The van der Waals surface area contributed by atoms with E-state index in [1.807, 2.05) is 0 Å². The molecule has 1 N–H and O–H groups in total. The standard InChI is InChI=1S/C14H20N6O3/c1-9(17-13(22)23-14(2,3)4)12-15-8-16-20(12)10-6-7-11(21)19(5)18-10/h6-9H,1-5H3,(H,17,22)/t9-/m0/s1. The van der Waals surface area contributed by atoms with Crippen molar-refractivity contribution in [3.63, 3.8) is 0 Å². The van der Waals surface area contributed by atoms with Crippen LogP contribution in [0.2, 0.25) is 0 Å². The highest BCUT2D eigenvalue weighted by atomic mass is 16.6. The quantitative estimate of drug-likeness (QED) is 0.903. The van der Waals surface area contributed by atoms with Gasteiger partial charge in [-0.1, -0.05) is 0 Å². The number of hydrogen-bond acceptors (Lipinski definition) is 6. The molecular formula is C14H20N6O3. The Kier molecular flexibility index (Phi) is 4.48. The molecule has 0 bridgehead atoms. The first-order valence-corrected chi connectivity index (χ1v) is 7.11. The molecule has 9 nitrogen and oxygen atoms in total. The number of alkyl carbamates (subject to hydrolysis) is 1. The highest BCUT2D eigenvalue weighted by molar-refractivity contribution is 5.68. The number of ether oxygens (including phenoxy) is 1. The molecule has 2 heterocycles. The van der Waals surface area contributed by atoms with Gasteiger partial charge in [-0.2, -0.15) is 9.78 Å². The van der Waals surface area contributed by atoms with Gasteiger partial charge < -0.3 is 10.1 Å². The van der Waals surface area contributed by atoms with Crippen molar-refractivity contribution < 1.29 is 9.53 Å². The molecule has 0 aromatic carbocycles. The number of amides is 1. The van der Waals surface area contributed by atoms with E-state index >= 15 is 0 Å². The number of rotatable bonds is 3. The van der Waals surface area contributed by atoms with Crippen LogP contribution in [-0.4, -0.2) is 36.2 Å². The third-order valence-electron chi connectivity index (χ3n) is 2.86. The summed E-state index contributed by atoms with van der Waals surface area (Å²) in [6, 6.07) is 2.48. The Balaban J connectivity index is 2.21. The van der Waals surface area contributed by atoms with Crippen molar-refractivity contribution in [1.29, 1.82) is 0 Å². The molecule has 1 atom stereocenters. The molecule has 0 aliphatic heterocycles. The second-order valence-corrected chi connectivity index (χ2v) is 6.05. The molecular weight excluding hydrogens is 300 g/mol. The van der Waals surface area contributed by atoms with Gasteiger partial charge in [-0.15, -0.1) is 5.10 Å². The SMILES string of the molecule is C[C@H](NC(=O)OC(C)(C)C)c1ncnn1-c1ccc(=O)n(C)n1. The molecule has 2 rings (SSSR count). The Bertz CT molecular complexity index is 758. The smallest absolute Gasteiger partial charge is 0.408 e. The summed E-state index contributed by atoms with van der Waals surface area (Å²) < 4.78 is 7.88. The maximum absolute atomic E-state index is 11.9. The van der Waals surface area contributed by atoms with E-state index in [-0.39, 0.29) is 5.56 Å². The Morgan fingerprint density at radius 2 is 2.04 bits per heavy atom. The van der Waals surface area contributed by atoms with Crippen LogP contribution in [0.4, 0.5) is 4.79 Å². The van der Waals surface area contributed by atoms with Gasteiger partial charge in [0, 0.05) is 13.1 Å². The Morgan fingerprint density at radius 1 is 1.35 bits per heavy atom. The molecule has 0 radical (unpaired) electrons. The van der Waals surface area contributed by atoms with Gasteiger partial charge in [0.25, 0.3) is 5.56 Å². The molecule has 124 valence electrons. The van der Waals surface area contributed by atoms with Crippen molar-refractivity contribution >= 4 is 6.09 Å². The molecule has 0 aliphatic carbocycles. The van der Waals surface area contributed by atoms with Crippen LogP contribution in [0.25, 0.3) is 5.82 Å². The van der Waals surface area contributed by atoms with Gasteiger partial charge in [0.2, 0.25) is 0 Å². The number of nitrogens with one attached hydrogen (secondary N) is 1.